The Morgan fingerprint density at radius 2 is 2.29 bits per heavy atom. The minimum Gasteiger partial charge on any atom is -0.481 e. The molecule has 17 heavy (non-hydrogen) atoms. The zero-order valence-electron chi connectivity index (χ0n) is 9.65. The standard InChI is InChI=1S/C13H15BrO3/c1-13(7-17-8-13)6-11(12(15)16)9-3-2-4-10(14)5-9/h2-5,11H,6-8H2,1H3,(H,15,16). The summed E-state index contributed by atoms with van der Waals surface area (Å²) < 4.78 is 6.09. The van der Waals surface area contributed by atoms with Crippen LogP contribution < -0.4 is 0 Å². The number of benzene rings is 1. The van der Waals surface area contributed by atoms with Crippen molar-refractivity contribution in [3.8, 4) is 0 Å². The number of hydrogen-bond donors (Lipinski definition) is 1. The van der Waals surface area contributed by atoms with Crippen molar-refractivity contribution in [1.82, 2.24) is 0 Å². The van der Waals surface area contributed by atoms with Gasteiger partial charge in [0.25, 0.3) is 0 Å². The van der Waals surface area contributed by atoms with Crippen LogP contribution in [0.4, 0.5) is 0 Å². The summed E-state index contributed by atoms with van der Waals surface area (Å²) in [6.45, 7) is 3.39. The first-order valence-corrected chi connectivity index (χ1v) is 6.35. The van der Waals surface area contributed by atoms with E-state index >= 15 is 0 Å². The monoisotopic (exact) mass is 298 g/mol. The largest absolute Gasteiger partial charge is 0.481 e. The summed E-state index contributed by atoms with van der Waals surface area (Å²) >= 11 is 3.37. The molecule has 92 valence electrons. The second-order valence-electron chi connectivity index (χ2n) is 4.95. The van der Waals surface area contributed by atoms with Gasteiger partial charge < -0.3 is 9.84 Å². The minimum atomic E-state index is -0.767. The second kappa shape index (κ2) is 4.78. The van der Waals surface area contributed by atoms with Crippen LogP contribution in [0.25, 0.3) is 0 Å². The zero-order valence-corrected chi connectivity index (χ0v) is 11.2. The van der Waals surface area contributed by atoms with Crippen molar-refractivity contribution < 1.29 is 14.6 Å². The lowest BCUT2D eigenvalue weighted by Gasteiger charge is -2.39. The highest BCUT2D eigenvalue weighted by molar-refractivity contribution is 9.10. The maximum absolute atomic E-state index is 11.4. The van der Waals surface area contributed by atoms with E-state index in [1.807, 2.05) is 24.3 Å². The molecule has 1 aromatic carbocycles. The van der Waals surface area contributed by atoms with E-state index in [9.17, 15) is 9.90 Å². The number of carboxylic acids is 1. The molecule has 0 aromatic heterocycles. The molecule has 0 amide bonds. The van der Waals surface area contributed by atoms with Crippen LogP contribution in [0.1, 0.15) is 24.8 Å². The SMILES string of the molecule is CC1(CC(C(=O)O)c2cccc(Br)c2)COC1. The molecule has 1 heterocycles. The molecule has 1 aliphatic heterocycles. The fourth-order valence-electron chi connectivity index (χ4n) is 2.13. The molecule has 1 N–H and O–H groups in total. The van der Waals surface area contributed by atoms with Crippen molar-refractivity contribution in [2.75, 3.05) is 13.2 Å². The Labute approximate surface area is 109 Å². The van der Waals surface area contributed by atoms with Crippen LogP contribution in [0, 0.1) is 5.41 Å². The maximum atomic E-state index is 11.4. The van der Waals surface area contributed by atoms with Crippen LogP contribution >= 0.6 is 15.9 Å². The smallest absolute Gasteiger partial charge is 0.310 e. The van der Waals surface area contributed by atoms with Gasteiger partial charge in [-0.1, -0.05) is 35.0 Å². The van der Waals surface area contributed by atoms with Gasteiger partial charge in [0, 0.05) is 9.89 Å². The number of rotatable bonds is 4. The summed E-state index contributed by atoms with van der Waals surface area (Å²) in [5.74, 6) is -1.22. The first kappa shape index (κ1) is 12.6. The summed E-state index contributed by atoms with van der Waals surface area (Å²) in [7, 11) is 0. The van der Waals surface area contributed by atoms with Gasteiger partial charge >= 0.3 is 5.97 Å². The summed E-state index contributed by atoms with van der Waals surface area (Å²) in [6, 6.07) is 7.51. The molecule has 4 heteroatoms. The fraction of sp³-hybridized carbons (Fsp3) is 0.462. The molecule has 1 atom stereocenters. The zero-order chi connectivity index (χ0) is 12.5. The van der Waals surface area contributed by atoms with Crippen molar-refractivity contribution in [1.29, 1.82) is 0 Å². The van der Waals surface area contributed by atoms with E-state index in [4.69, 9.17) is 4.74 Å². The van der Waals surface area contributed by atoms with E-state index in [-0.39, 0.29) is 5.41 Å². The molecule has 0 saturated carbocycles. The molecule has 3 nitrogen and oxygen atoms in total. The lowest BCUT2D eigenvalue weighted by Crippen LogP contribution is -2.41. The van der Waals surface area contributed by atoms with Crippen LogP contribution in [-0.4, -0.2) is 24.3 Å². The Morgan fingerprint density at radius 1 is 1.59 bits per heavy atom. The Kier molecular flexibility index (Phi) is 3.54. The first-order valence-electron chi connectivity index (χ1n) is 5.56. The Hall–Kier alpha value is -0.870. The molecule has 2 rings (SSSR count). The molecule has 0 spiro atoms. The number of aliphatic carboxylic acids is 1. The Balaban J connectivity index is 2.20. The average molecular weight is 299 g/mol. The van der Waals surface area contributed by atoms with E-state index in [0.717, 1.165) is 10.0 Å². The summed E-state index contributed by atoms with van der Waals surface area (Å²) in [4.78, 5) is 11.4. The van der Waals surface area contributed by atoms with Crippen LogP contribution in [0.5, 0.6) is 0 Å². The van der Waals surface area contributed by atoms with Crippen LogP contribution in [-0.2, 0) is 9.53 Å². The predicted octanol–water partition coefficient (Wildman–Crippen LogP) is 3.04. The molecular formula is C13H15BrO3. The molecule has 1 unspecified atom stereocenters. The predicted molar refractivity (Wildman–Crippen MR) is 68.1 cm³/mol. The molecule has 1 fully saturated rings. The first-order chi connectivity index (χ1) is 8.00. The number of halogens is 1. The van der Waals surface area contributed by atoms with Crippen molar-refractivity contribution >= 4 is 21.9 Å². The van der Waals surface area contributed by atoms with E-state index in [0.29, 0.717) is 19.6 Å². The van der Waals surface area contributed by atoms with Crippen molar-refractivity contribution in [2.24, 2.45) is 5.41 Å². The van der Waals surface area contributed by atoms with Crippen molar-refractivity contribution in [3.63, 3.8) is 0 Å². The maximum Gasteiger partial charge on any atom is 0.310 e. The summed E-state index contributed by atoms with van der Waals surface area (Å²) in [6.07, 6.45) is 0.624. The third-order valence-corrected chi connectivity index (χ3v) is 3.64. The van der Waals surface area contributed by atoms with Gasteiger partial charge in [-0.15, -0.1) is 0 Å². The van der Waals surface area contributed by atoms with E-state index in [2.05, 4.69) is 22.9 Å². The van der Waals surface area contributed by atoms with Crippen LogP contribution in [0.3, 0.4) is 0 Å². The van der Waals surface area contributed by atoms with Crippen LogP contribution in [0.2, 0.25) is 0 Å². The van der Waals surface area contributed by atoms with Crippen molar-refractivity contribution in [2.45, 2.75) is 19.3 Å². The molecule has 0 radical (unpaired) electrons. The number of carbonyl (C=O) groups is 1. The Morgan fingerprint density at radius 3 is 2.76 bits per heavy atom. The van der Waals surface area contributed by atoms with Gasteiger partial charge in [-0.3, -0.25) is 4.79 Å². The third-order valence-electron chi connectivity index (χ3n) is 3.15. The Bertz CT molecular complexity index is 426. The minimum absolute atomic E-state index is 0.00533. The van der Waals surface area contributed by atoms with E-state index in [1.54, 1.807) is 0 Å². The molecule has 1 aliphatic rings. The molecule has 0 bridgehead atoms. The van der Waals surface area contributed by atoms with Gasteiger partial charge in [0.15, 0.2) is 0 Å². The van der Waals surface area contributed by atoms with Gasteiger partial charge in [0.1, 0.15) is 0 Å². The normalized spacial score (nSPS) is 19.4. The highest BCUT2D eigenvalue weighted by atomic mass is 79.9. The second-order valence-corrected chi connectivity index (χ2v) is 5.87. The topological polar surface area (TPSA) is 46.5 Å². The van der Waals surface area contributed by atoms with E-state index < -0.39 is 11.9 Å². The molecule has 1 saturated heterocycles. The number of carboxylic acid groups (broad SMARTS) is 1. The molecule has 1 aromatic rings. The lowest BCUT2D eigenvalue weighted by atomic mass is 9.77. The molecular weight excluding hydrogens is 284 g/mol. The van der Waals surface area contributed by atoms with E-state index in [1.165, 1.54) is 0 Å². The van der Waals surface area contributed by atoms with Gasteiger partial charge in [-0.25, -0.2) is 0 Å². The van der Waals surface area contributed by atoms with Crippen LogP contribution in [0.15, 0.2) is 28.7 Å². The summed E-state index contributed by atoms with van der Waals surface area (Å²) in [5.41, 5.74) is 0.853. The molecule has 0 aliphatic carbocycles. The van der Waals surface area contributed by atoms with Gasteiger partial charge in [0.2, 0.25) is 0 Å². The lowest BCUT2D eigenvalue weighted by molar-refractivity contribution is -0.145. The van der Waals surface area contributed by atoms with Gasteiger partial charge in [-0.05, 0) is 24.1 Å². The van der Waals surface area contributed by atoms with Gasteiger partial charge in [0.05, 0.1) is 19.1 Å². The van der Waals surface area contributed by atoms with Gasteiger partial charge in [-0.2, -0.15) is 0 Å². The average Bonchev–Trinajstić information content (AvgIpc) is 2.23. The quantitative estimate of drug-likeness (QED) is 0.929. The highest BCUT2D eigenvalue weighted by Crippen LogP contribution is 2.38. The number of hydrogen-bond acceptors (Lipinski definition) is 2. The van der Waals surface area contributed by atoms with Crippen molar-refractivity contribution in [3.05, 3.63) is 34.3 Å². The summed E-state index contributed by atoms with van der Waals surface area (Å²) in [5, 5.41) is 9.34. The number of ether oxygens (including phenoxy) is 1. The highest BCUT2D eigenvalue weighted by Gasteiger charge is 2.38. The fourth-order valence-corrected chi connectivity index (χ4v) is 2.55. The third kappa shape index (κ3) is 2.87.